The van der Waals surface area contributed by atoms with Crippen LogP contribution < -0.4 is 10.6 Å². The van der Waals surface area contributed by atoms with Crippen molar-refractivity contribution in [3.05, 3.63) is 16.0 Å². The van der Waals surface area contributed by atoms with Gasteiger partial charge in [-0.2, -0.15) is 5.26 Å². The van der Waals surface area contributed by atoms with Gasteiger partial charge in [-0.05, 0) is 32.5 Å². The number of rotatable bonds is 5. The fourth-order valence-electron chi connectivity index (χ4n) is 1.40. The summed E-state index contributed by atoms with van der Waals surface area (Å²) in [5.41, 5.74) is 1.63. The van der Waals surface area contributed by atoms with Gasteiger partial charge in [-0.25, -0.2) is 0 Å². The molecule has 0 bridgehead atoms. The number of hydrogen-bond donors (Lipinski definition) is 2. The molecule has 0 saturated heterocycles. The van der Waals surface area contributed by atoms with Crippen LogP contribution in [-0.2, 0) is 11.2 Å². The predicted molar refractivity (Wildman–Crippen MR) is 61.1 cm³/mol. The molecule has 0 saturated carbocycles. The summed E-state index contributed by atoms with van der Waals surface area (Å²) in [6.45, 7) is 2.79. The van der Waals surface area contributed by atoms with Crippen molar-refractivity contribution in [2.45, 2.75) is 13.3 Å². The van der Waals surface area contributed by atoms with Crippen LogP contribution in [-0.4, -0.2) is 20.0 Å². The zero-order valence-corrected chi connectivity index (χ0v) is 9.57. The Kier molecular flexibility index (Phi) is 4.28. The minimum absolute atomic E-state index is 0.597. The lowest BCUT2D eigenvalue weighted by Crippen LogP contribution is -2.11. The highest BCUT2D eigenvalue weighted by Crippen LogP contribution is 2.32. The van der Waals surface area contributed by atoms with E-state index in [2.05, 4.69) is 16.7 Å². The van der Waals surface area contributed by atoms with Crippen LogP contribution in [0.15, 0.2) is 0 Å². The minimum Gasteiger partial charge on any atom is -0.319 e. The first-order chi connectivity index (χ1) is 7.24. The Morgan fingerprint density at radius 2 is 2.33 bits per heavy atom. The molecule has 0 aliphatic carbocycles. The Morgan fingerprint density at radius 3 is 2.87 bits per heavy atom. The largest absolute Gasteiger partial charge is 0.319 e. The second kappa shape index (κ2) is 5.49. The second-order valence-corrected chi connectivity index (χ2v) is 4.29. The van der Waals surface area contributed by atoms with Gasteiger partial charge in [-0.1, -0.05) is 0 Å². The molecule has 1 aromatic heterocycles. The number of likely N-dealkylation sites (N-methyl/N-ethyl adjacent to an activating group) is 1. The van der Waals surface area contributed by atoms with Crippen LogP contribution in [0.3, 0.4) is 0 Å². The fourth-order valence-corrected chi connectivity index (χ4v) is 2.41. The van der Waals surface area contributed by atoms with E-state index >= 15 is 0 Å². The Balaban J connectivity index is 3.03. The summed E-state index contributed by atoms with van der Waals surface area (Å²) < 4.78 is 0. The maximum atomic E-state index is 10.4. The Bertz CT molecular complexity index is 392. The number of nitrogens with one attached hydrogen (secondary N) is 2. The summed E-state index contributed by atoms with van der Waals surface area (Å²) >= 11 is 1.45. The molecular weight excluding hydrogens is 210 g/mol. The maximum absolute atomic E-state index is 10.4. The first-order valence-electron chi connectivity index (χ1n) is 4.61. The first kappa shape index (κ1) is 11.7. The number of nitriles is 1. The lowest BCUT2D eigenvalue weighted by molar-refractivity contribution is -0.105. The van der Waals surface area contributed by atoms with Crippen LogP contribution in [0.1, 0.15) is 16.0 Å². The molecule has 1 heterocycles. The lowest BCUT2D eigenvalue weighted by Gasteiger charge is -2.00. The number of aryl methyl sites for hydroxylation is 1. The highest BCUT2D eigenvalue weighted by molar-refractivity contribution is 7.16. The maximum Gasteiger partial charge on any atom is 0.212 e. The Hall–Kier alpha value is -1.38. The molecule has 0 fully saturated rings. The normalized spacial score (nSPS) is 9.67. The van der Waals surface area contributed by atoms with Crippen molar-refractivity contribution in [3.63, 3.8) is 0 Å². The van der Waals surface area contributed by atoms with Gasteiger partial charge in [-0.3, -0.25) is 4.79 Å². The molecule has 2 N–H and O–H groups in total. The topological polar surface area (TPSA) is 64.9 Å². The SMILES string of the molecule is CNCCc1c(C)sc(NC=O)c1C#N. The minimum atomic E-state index is 0.597. The third-order valence-electron chi connectivity index (χ3n) is 2.14. The average molecular weight is 223 g/mol. The van der Waals surface area contributed by atoms with Crippen LogP contribution in [0.5, 0.6) is 0 Å². The van der Waals surface area contributed by atoms with E-state index in [-0.39, 0.29) is 0 Å². The molecule has 1 amide bonds. The molecule has 0 spiro atoms. The van der Waals surface area contributed by atoms with E-state index < -0.39 is 0 Å². The second-order valence-electron chi connectivity index (χ2n) is 3.07. The van der Waals surface area contributed by atoms with Crippen molar-refractivity contribution in [1.82, 2.24) is 5.32 Å². The van der Waals surface area contributed by atoms with E-state index in [0.29, 0.717) is 17.0 Å². The van der Waals surface area contributed by atoms with Gasteiger partial charge in [-0.15, -0.1) is 11.3 Å². The smallest absolute Gasteiger partial charge is 0.212 e. The van der Waals surface area contributed by atoms with Crippen molar-refractivity contribution in [1.29, 1.82) is 5.26 Å². The van der Waals surface area contributed by atoms with Crippen molar-refractivity contribution < 1.29 is 4.79 Å². The number of anilines is 1. The molecule has 15 heavy (non-hydrogen) atoms. The molecule has 1 rings (SSSR count). The van der Waals surface area contributed by atoms with Gasteiger partial charge in [0.2, 0.25) is 6.41 Å². The Morgan fingerprint density at radius 1 is 1.60 bits per heavy atom. The number of carbonyl (C=O) groups excluding carboxylic acids is 1. The molecule has 1 aromatic rings. The molecule has 0 aliphatic heterocycles. The van der Waals surface area contributed by atoms with Gasteiger partial charge in [0.25, 0.3) is 0 Å². The number of nitrogens with zero attached hydrogens (tertiary/aromatic N) is 1. The molecule has 0 atom stereocenters. The van der Waals surface area contributed by atoms with E-state index in [4.69, 9.17) is 5.26 Å². The van der Waals surface area contributed by atoms with Crippen LogP contribution in [0.25, 0.3) is 0 Å². The predicted octanol–water partition coefficient (Wildman–Crippen LogP) is 1.26. The van der Waals surface area contributed by atoms with E-state index in [1.165, 1.54) is 11.3 Å². The molecular formula is C10H13N3OS. The molecule has 5 heteroatoms. The van der Waals surface area contributed by atoms with Gasteiger partial charge in [0.15, 0.2) is 0 Å². The lowest BCUT2D eigenvalue weighted by atomic mass is 10.1. The quantitative estimate of drug-likeness (QED) is 0.738. The Labute approximate surface area is 92.9 Å². The van der Waals surface area contributed by atoms with Crippen molar-refractivity contribution in [2.24, 2.45) is 0 Å². The van der Waals surface area contributed by atoms with E-state index in [1.807, 2.05) is 14.0 Å². The summed E-state index contributed by atoms with van der Waals surface area (Å²) in [4.78, 5) is 11.4. The van der Waals surface area contributed by atoms with Crippen LogP contribution >= 0.6 is 11.3 Å². The molecule has 80 valence electrons. The fraction of sp³-hybridized carbons (Fsp3) is 0.400. The van der Waals surface area contributed by atoms with Gasteiger partial charge in [0.1, 0.15) is 11.1 Å². The number of thiophene rings is 1. The molecule has 0 aromatic carbocycles. The van der Waals surface area contributed by atoms with Crippen LogP contribution in [0, 0.1) is 18.3 Å². The summed E-state index contributed by atoms with van der Waals surface area (Å²) in [5.74, 6) is 0. The van der Waals surface area contributed by atoms with E-state index in [1.54, 1.807) is 0 Å². The van der Waals surface area contributed by atoms with Crippen molar-refractivity contribution >= 4 is 22.7 Å². The van der Waals surface area contributed by atoms with Crippen molar-refractivity contribution in [3.8, 4) is 6.07 Å². The average Bonchev–Trinajstić information content (AvgIpc) is 2.52. The van der Waals surface area contributed by atoms with Crippen molar-refractivity contribution in [2.75, 3.05) is 18.9 Å². The third kappa shape index (κ3) is 2.55. The molecule has 4 nitrogen and oxygen atoms in total. The molecule has 0 aliphatic rings. The van der Waals surface area contributed by atoms with Gasteiger partial charge >= 0.3 is 0 Å². The van der Waals surface area contributed by atoms with Gasteiger partial charge in [0.05, 0.1) is 5.56 Å². The number of hydrogen-bond acceptors (Lipinski definition) is 4. The van der Waals surface area contributed by atoms with Gasteiger partial charge in [0, 0.05) is 4.88 Å². The number of amides is 1. The summed E-state index contributed by atoms with van der Waals surface area (Å²) in [6, 6.07) is 2.14. The summed E-state index contributed by atoms with van der Waals surface area (Å²) in [5, 5.41) is 15.3. The first-order valence-corrected chi connectivity index (χ1v) is 5.43. The van der Waals surface area contributed by atoms with Crippen LogP contribution in [0.4, 0.5) is 5.00 Å². The monoisotopic (exact) mass is 223 g/mol. The summed E-state index contributed by atoms with van der Waals surface area (Å²) in [7, 11) is 1.87. The molecule has 0 radical (unpaired) electrons. The zero-order chi connectivity index (χ0) is 11.3. The molecule has 0 unspecified atom stereocenters. The highest BCUT2D eigenvalue weighted by atomic mass is 32.1. The third-order valence-corrected chi connectivity index (χ3v) is 3.21. The van der Waals surface area contributed by atoms with E-state index in [9.17, 15) is 4.79 Å². The van der Waals surface area contributed by atoms with Gasteiger partial charge < -0.3 is 10.6 Å². The highest BCUT2D eigenvalue weighted by Gasteiger charge is 2.14. The number of carbonyl (C=O) groups is 1. The zero-order valence-electron chi connectivity index (χ0n) is 8.76. The summed E-state index contributed by atoms with van der Waals surface area (Å²) in [6.07, 6.45) is 1.41. The standard InChI is InChI=1S/C10H13N3OS/c1-7-8(3-4-12-2)9(5-11)10(15-7)13-6-14/h6,12H,3-4H2,1-2H3,(H,13,14). The van der Waals surface area contributed by atoms with E-state index in [0.717, 1.165) is 23.4 Å². The van der Waals surface area contributed by atoms with Crippen LogP contribution in [0.2, 0.25) is 0 Å².